The number of carbonyl (C=O) groups is 2. The van der Waals surface area contributed by atoms with Crippen molar-refractivity contribution in [1.29, 1.82) is 0 Å². The van der Waals surface area contributed by atoms with Gasteiger partial charge in [0.05, 0.1) is 5.69 Å². The number of rotatable bonds is 7. The number of esters is 2. The zero-order chi connectivity index (χ0) is 24.8. The molecule has 0 N–H and O–H groups in total. The summed E-state index contributed by atoms with van der Waals surface area (Å²) in [6.07, 6.45) is 3.66. The highest BCUT2D eigenvalue weighted by molar-refractivity contribution is 6.31. The van der Waals surface area contributed by atoms with E-state index in [0.717, 1.165) is 22.0 Å². The lowest BCUT2D eigenvalue weighted by Gasteiger charge is -2.10. The molecule has 4 aromatic rings. The van der Waals surface area contributed by atoms with Gasteiger partial charge in [0.15, 0.2) is 11.5 Å². The summed E-state index contributed by atoms with van der Waals surface area (Å²) in [7, 11) is 0. The van der Waals surface area contributed by atoms with Crippen LogP contribution < -0.4 is 14.2 Å². The number of carbonyl (C=O) groups excluding carboxylic acids is 2. The zero-order valence-electron chi connectivity index (χ0n) is 19.2. The van der Waals surface area contributed by atoms with E-state index in [1.165, 1.54) is 13.8 Å². The van der Waals surface area contributed by atoms with Gasteiger partial charge in [0.2, 0.25) is 0 Å². The van der Waals surface area contributed by atoms with Gasteiger partial charge in [-0.2, -0.15) is 0 Å². The van der Waals surface area contributed by atoms with Crippen LogP contribution in [0.15, 0.2) is 72.8 Å². The molecular formula is C28H22ClNO5. The smallest absolute Gasteiger partial charge is 0.308 e. The van der Waals surface area contributed by atoms with Crippen molar-refractivity contribution in [3.05, 3.63) is 94.6 Å². The predicted molar refractivity (Wildman–Crippen MR) is 136 cm³/mol. The van der Waals surface area contributed by atoms with E-state index in [1.807, 2.05) is 66.7 Å². The third kappa shape index (κ3) is 6.25. The van der Waals surface area contributed by atoms with Crippen LogP contribution in [0.2, 0.25) is 5.02 Å². The molecule has 176 valence electrons. The van der Waals surface area contributed by atoms with Crippen LogP contribution in [0.25, 0.3) is 23.1 Å². The highest BCUT2D eigenvalue weighted by Crippen LogP contribution is 2.30. The second-order valence-corrected chi connectivity index (χ2v) is 8.08. The van der Waals surface area contributed by atoms with Gasteiger partial charge in [-0.25, -0.2) is 4.98 Å². The van der Waals surface area contributed by atoms with E-state index in [4.69, 9.17) is 30.8 Å². The molecule has 35 heavy (non-hydrogen) atoms. The molecule has 6 nitrogen and oxygen atoms in total. The molecule has 0 spiro atoms. The molecule has 0 aliphatic rings. The minimum atomic E-state index is -0.514. The van der Waals surface area contributed by atoms with Gasteiger partial charge in [-0.05, 0) is 42.0 Å². The van der Waals surface area contributed by atoms with Crippen molar-refractivity contribution in [2.75, 3.05) is 0 Å². The number of hydrogen-bond donors (Lipinski definition) is 0. The zero-order valence-corrected chi connectivity index (χ0v) is 19.9. The Morgan fingerprint density at radius 1 is 0.829 bits per heavy atom. The van der Waals surface area contributed by atoms with E-state index in [0.29, 0.717) is 23.1 Å². The normalized spacial score (nSPS) is 10.9. The van der Waals surface area contributed by atoms with E-state index in [2.05, 4.69) is 0 Å². The second-order valence-electron chi connectivity index (χ2n) is 7.67. The van der Waals surface area contributed by atoms with Crippen LogP contribution in [0.1, 0.15) is 30.7 Å². The number of para-hydroxylation sites is 1. The van der Waals surface area contributed by atoms with Crippen LogP contribution in [0.5, 0.6) is 17.2 Å². The summed E-state index contributed by atoms with van der Waals surface area (Å²) < 4.78 is 16.3. The highest BCUT2D eigenvalue weighted by Gasteiger charge is 2.11. The van der Waals surface area contributed by atoms with Crippen LogP contribution in [0.3, 0.4) is 0 Å². The van der Waals surface area contributed by atoms with E-state index < -0.39 is 11.9 Å². The van der Waals surface area contributed by atoms with Gasteiger partial charge in [-0.15, -0.1) is 0 Å². The molecular weight excluding hydrogens is 466 g/mol. The summed E-state index contributed by atoms with van der Waals surface area (Å²) in [6.45, 7) is 2.89. The first-order valence-corrected chi connectivity index (χ1v) is 11.2. The maximum Gasteiger partial charge on any atom is 0.308 e. The van der Waals surface area contributed by atoms with Crippen molar-refractivity contribution in [3.63, 3.8) is 0 Å². The molecule has 0 bridgehead atoms. The Hall–Kier alpha value is -4.16. The van der Waals surface area contributed by atoms with Gasteiger partial charge in [0.1, 0.15) is 17.9 Å². The number of halogens is 1. The van der Waals surface area contributed by atoms with Crippen LogP contribution in [0, 0.1) is 0 Å². The summed E-state index contributed by atoms with van der Waals surface area (Å²) in [5.74, 6) is -0.0271. The molecule has 3 aromatic carbocycles. The molecule has 0 unspecified atom stereocenters. The van der Waals surface area contributed by atoms with Crippen LogP contribution in [-0.2, 0) is 16.2 Å². The van der Waals surface area contributed by atoms with Gasteiger partial charge in [-0.1, -0.05) is 60.1 Å². The Balaban J connectivity index is 1.59. The molecule has 0 atom stereocenters. The first-order valence-electron chi connectivity index (χ1n) is 10.8. The number of benzene rings is 3. The number of fused-ring (bicyclic) bond motifs is 1. The maximum atomic E-state index is 11.5. The molecule has 0 aliphatic heterocycles. The van der Waals surface area contributed by atoms with E-state index in [9.17, 15) is 9.59 Å². The summed E-state index contributed by atoms with van der Waals surface area (Å²) in [5.41, 5.74) is 3.07. The quantitative estimate of drug-likeness (QED) is 0.219. The lowest BCUT2D eigenvalue weighted by Crippen LogP contribution is -2.07. The topological polar surface area (TPSA) is 74.7 Å². The fourth-order valence-electron chi connectivity index (χ4n) is 3.40. The molecule has 1 aromatic heterocycles. The number of hydrogen-bond acceptors (Lipinski definition) is 6. The molecule has 0 radical (unpaired) electrons. The number of nitrogens with zero attached hydrogens (tertiary/aromatic N) is 1. The number of ether oxygens (including phenoxy) is 3. The predicted octanol–water partition coefficient (Wildman–Crippen LogP) is 6.49. The highest BCUT2D eigenvalue weighted by atomic mass is 35.5. The Labute approximate surface area is 207 Å². The summed E-state index contributed by atoms with van der Waals surface area (Å²) in [6, 6.07) is 22.1. The molecule has 0 saturated heterocycles. The maximum absolute atomic E-state index is 11.5. The number of pyridine rings is 1. The Kier molecular flexibility index (Phi) is 7.43. The third-order valence-corrected chi connectivity index (χ3v) is 5.34. The van der Waals surface area contributed by atoms with Gasteiger partial charge >= 0.3 is 11.9 Å². The lowest BCUT2D eigenvalue weighted by atomic mass is 10.1. The SMILES string of the molecule is CC(=O)Oc1ccc(/C=C/c2ccc3cccc(OCc4ccccc4Cl)c3n2)cc1OC(C)=O. The molecule has 7 heteroatoms. The minimum Gasteiger partial charge on any atom is -0.487 e. The fraction of sp³-hybridized carbons (Fsp3) is 0.107. The molecule has 0 fully saturated rings. The van der Waals surface area contributed by atoms with Gasteiger partial charge in [0.25, 0.3) is 0 Å². The first kappa shape index (κ1) is 24.0. The van der Waals surface area contributed by atoms with Gasteiger partial charge < -0.3 is 14.2 Å². The molecule has 0 saturated carbocycles. The average molecular weight is 488 g/mol. The Morgan fingerprint density at radius 2 is 1.60 bits per heavy atom. The average Bonchev–Trinajstić information content (AvgIpc) is 2.83. The van der Waals surface area contributed by atoms with E-state index in [1.54, 1.807) is 18.2 Å². The largest absolute Gasteiger partial charge is 0.487 e. The third-order valence-electron chi connectivity index (χ3n) is 4.97. The van der Waals surface area contributed by atoms with Crippen LogP contribution in [-0.4, -0.2) is 16.9 Å². The Morgan fingerprint density at radius 3 is 2.37 bits per heavy atom. The van der Waals surface area contributed by atoms with Gasteiger partial charge in [-0.3, -0.25) is 9.59 Å². The second kappa shape index (κ2) is 10.8. The van der Waals surface area contributed by atoms with E-state index >= 15 is 0 Å². The summed E-state index contributed by atoms with van der Waals surface area (Å²) >= 11 is 6.25. The van der Waals surface area contributed by atoms with Crippen molar-refractivity contribution in [3.8, 4) is 17.2 Å². The number of aromatic nitrogens is 1. The van der Waals surface area contributed by atoms with Crippen molar-refractivity contribution >= 4 is 46.6 Å². The van der Waals surface area contributed by atoms with Crippen LogP contribution in [0.4, 0.5) is 0 Å². The van der Waals surface area contributed by atoms with Crippen LogP contribution >= 0.6 is 11.6 Å². The summed E-state index contributed by atoms with van der Waals surface area (Å²) in [4.78, 5) is 27.5. The summed E-state index contributed by atoms with van der Waals surface area (Å²) in [5, 5.41) is 1.60. The van der Waals surface area contributed by atoms with Crippen molar-refractivity contribution in [1.82, 2.24) is 4.98 Å². The van der Waals surface area contributed by atoms with Crippen molar-refractivity contribution in [2.45, 2.75) is 20.5 Å². The minimum absolute atomic E-state index is 0.163. The van der Waals surface area contributed by atoms with Gasteiger partial charge in [0, 0.05) is 29.8 Å². The molecule has 0 aliphatic carbocycles. The molecule has 0 amide bonds. The van der Waals surface area contributed by atoms with Crippen molar-refractivity contribution < 1.29 is 23.8 Å². The first-order chi connectivity index (χ1) is 16.9. The van der Waals surface area contributed by atoms with E-state index in [-0.39, 0.29) is 11.5 Å². The fourth-order valence-corrected chi connectivity index (χ4v) is 3.59. The monoisotopic (exact) mass is 487 g/mol. The van der Waals surface area contributed by atoms with Crippen molar-refractivity contribution in [2.24, 2.45) is 0 Å². The Bertz CT molecular complexity index is 1430. The standard InChI is InChI=1S/C28H22ClNO5/c1-18(31)34-25-15-11-20(16-27(25)35-19(2)32)10-13-23-14-12-21-7-5-9-26(28(21)30-23)33-17-22-6-3-4-8-24(22)29/h3-16H,17H2,1-2H3/b13-10+. The lowest BCUT2D eigenvalue weighted by molar-refractivity contribution is -0.134. The molecule has 1 heterocycles. The molecule has 4 rings (SSSR count).